The molecular weight excluding hydrogens is 745 g/mol. The van der Waals surface area contributed by atoms with Crippen LogP contribution in [0.25, 0.3) is 0 Å². The SMILES string of the molecule is CN[C@@H](c1ccccc1)[C@@H](OP)C(=O)O[C@H]1C[C@@]2(O)[C@@H](OC(=O)c3ccccc3)[C@@H]3[C@]4(OC(C)=O)CO[C@@H]4C[C@H](O)[C@@]3(C)C(=O)[C@H](OC(C)=O)C(=C1C)C2(C)C. The van der Waals surface area contributed by atoms with Gasteiger partial charge in [0.25, 0.3) is 0 Å². The predicted molar refractivity (Wildman–Crippen MR) is 201 cm³/mol. The highest BCUT2D eigenvalue weighted by Crippen LogP contribution is 2.64. The Morgan fingerprint density at radius 2 is 1.57 bits per heavy atom. The van der Waals surface area contributed by atoms with Crippen molar-refractivity contribution < 1.29 is 62.4 Å². The number of ketones is 1. The van der Waals surface area contributed by atoms with Crippen LogP contribution in [-0.2, 0) is 47.4 Å². The zero-order chi connectivity index (χ0) is 41.0. The number of likely N-dealkylation sites (N-methyl/N-ethyl adjacent to an activating group) is 1. The molecule has 1 saturated heterocycles. The lowest BCUT2D eigenvalue weighted by molar-refractivity contribution is -0.346. The van der Waals surface area contributed by atoms with Crippen molar-refractivity contribution in [2.45, 2.75) is 108 Å². The zero-order valence-corrected chi connectivity index (χ0v) is 33.6. The minimum absolute atomic E-state index is 0.0990. The maximum atomic E-state index is 15.4. The highest BCUT2D eigenvalue weighted by Gasteiger charge is 2.78. The highest BCUT2D eigenvalue weighted by molar-refractivity contribution is 7.09. The molecule has 0 amide bonds. The van der Waals surface area contributed by atoms with Gasteiger partial charge in [0.1, 0.15) is 23.9 Å². The van der Waals surface area contributed by atoms with E-state index >= 15 is 4.79 Å². The Labute approximate surface area is 327 Å². The van der Waals surface area contributed by atoms with Crippen LogP contribution in [0.3, 0.4) is 0 Å². The maximum Gasteiger partial charge on any atom is 0.338 e. The number of hydrogen-bond donors (Lipinski definition) is 3. The summed E-state index contributed by atoms with van der Waals surface area (Å²) in [4.78, 5) is 69.6. The molecule has 15 heteroatoms. The van der Waals surface area contributed by atoms with Gasteiger partial charge in [-0.3, -0.25) is 14.4 Å². The van der Waals surface area contributed by atoms with Crippen molar-refractivity contribution in [1.82, 2.24) is 5.32 Å². The smallest absolute Gasteiger partial charge is 0.338 e. The number of ether oxygens (including phenoxy) is 5. The van der Waals surface area contributed by atoms with Crippen molar-refractivity contribution in [2.75, 3.05) is 13.7 Å². The lowest BCUT2D eigenvalue weighted by atomic mass is 9.44. The molecule has 2 bridgehead atoms. The fourth-order valence-corrected chi connectivity index (χ4v) is 9.92. The molecule has 0 spiro atoms. The van der Waals surface area contributed by atoms with Crippen LogP contribution in [0.2, 0.25) is 0 Å². The molecule has 2 saturated carbocycles. The zero-order valence-electron chi connectivity index (χ0n) is 32.5. The van der Waals surface area contributed by atoms with Gasteiger partial charge in [0, 0.05) is 41.6 Å². The first kappa shape index (κ1) is 41.6. The first-order valence-corrected chi connectivity index (χ1v) is 19.0. The average Bonchev–Trinajstić information content (AvgIpc) is 3.15. The van der Waals surface area contributed by atoms with E-state index in [-0.39, 0.29) is 24.2 Å². The standard InChI is InChI=1S/C41H50NO13P/c1-21-26(52-37(48)32(55-56)30(42-7)24-14-10-8-11-15-24)19-41(49)35(53-36(47)25-16-12-9-13-17-25)33-39(6,27(45)18-28-40(33,20-50-28)54-23(3)44)34(46)31(51-22(2)43)29(21)38(41,4)5/h8-17,26-28,30-33,35,42,45,49H,18-20,56H2,1-7H3/t26-,27-,28+,30-,31+,32+,33-,35-,39+,40-,41+/m0/s1. The van der Waals surface area contributed by atoms with E-state index in [4.69, 9.17) is 28.2 Å². The van der Waals surface area contributed by atoms with E-state index in [2.05, 4.69) is 14.8 Å². The molecular formula is C41H50NO13P. The largest absolute Gasteiger partial charge is 0.456 e. The number of aliphatic hydroxyl groups excluding tert-OH is 1. The highest BCUT2D eigenvalue weighted by atomic mass is 31.0. The van der Waals surface area contributed by atoms with Crippen molar-refractivity contribution in [1.29, 1.82) is 0 Å². The molecule has 1 heterocycles. The molecule has 3 fully saturated rings. The normalized spacial score (nSPS) is 34.2. The Balaban J connectivity index is 1.58. The van der Waals surface area contributed by atoms with Crippen LogP contribution in [-0.4, -0.2) is 101 Å². The molecule has 12 atom stereocenters. The van der Waals surface area contributed by atoms with E-state index in [1.807, 2.05) is 30.3 Å². The van der Waals surface area contributed by atoms with Crippen LogP contribution >= 0.6 is 9.47 Å². The molecule has 2 aromatic carbocycles. The van der Waals surface area contributed by atoms with Crippen molar-refractivity contribution >= 4 is 39.1 Å². The lowest BCUT2D eigenvalue weighted by Gasteiger charge is -2.67. The Morgan fingerprint density at radius 3 is 2.11 bits per heavy atom. The van der Waals surface area contributed by atoms with Gasteiger partial charge in [0.15, 0.2) is 23.6 Å². The van der Waals surface area contributed by atoms with Crippen LogP contribution in [0, 0.1) is 16.7 Å². The fourth-order valence-electron chi connectivity index (χ4n) is 9.65. The van der Waals surface area contributed by atoms with Gasteiger partial charge in [0.2, 0.25) is 0 Å². The lowest BCUT2D eigenvalue weighted by Crippen LogP contribution is -2.82. The Hall–Kier alpha value is -4.04. The number of carbonyl (C=O) groups excluding carboxylic acids is 5. The van der Waals surface area contributed by atoms with Gasteiger partial charge in [0.05, 0.1) is 35.6 Å². The third-order valence-electron chi connectivity index (χ3n) is 12.6. The number of benzene rings is 2. The minimum Gasteiger partial charge on any atom is -0.456 e. The third-order valence-corrected chi connectivity index (χ3v) is 12.9. The number of esters is 4. The molecule has 0 radical (unpaired) electrons. The molecule has 56 heavy (non-hydrogen) atoms. The first-order valence-electron chi connectivity index (χ1n) is 18.6. The molecule has 1 unspecified atom stereocenters. The molecule has 3 N–H and O–H groups in total. The number of Topliss-reactive ketones (excluding diaryl/α,β-unsaturated/α-hetero) is 1. The third kappa shape index (κ3) is 6.57. The summed E-state index contributed by atoms with van der Waals surface area (Å²) in [6.07, 6.45) is -9.03. The summed E-state index contributed by atoms with van der Waals surface area (Å²) in [5, 5.41) is 28.7. The van der Waals surface area contributed by atoms with E-state index in [9.17, 15) is 29.4 Å². The Bertz CT molecular complexity index is 1900. The van der Waals surface area contributed by atoms with Crippen LogP contribution in [0.5, 0.6) is 0 Å². The van der Waals surface area contributed by atoms with Crippen LogP contribution in [0.1, 0.15) is 76.3 Å². The van der Waals surface area contributed by atoms with Gasteiger partial charge >= 0.3 is 23.9 Å². The van der Waals surface area contributed by atoms with Crippen LogP contribution in [0.4, 0.5) is 0 Å². The molecule has 2 aromatic rings. The fraction of sp³-hybridized carbons (Fsp3) is 0.537. The number of carbonyl (C=O) groups is 5. The van der Waals surface area contributed by atoms with E-state index in [0.29, 0.717) is 5.57 Å². The van der Waals surface area contributed by atoms with Crippen molar-refractivity contribution in [3.63, 3.8) is 0 Å². The van der Waals surface area contributed by atoms with Gasteiger partial charge in [-0.25, -0.2) is 9.59 Å². The Morgan fingerprint density at radius 1 is 0.946 bits per heavy atom. The summed E-state index contributed by atoms with van der Waals surface area (Å²) in [7, 11) is 3.75. The predicted octanol–water partition coefficient (Wildman–Crippen LogP) is 3.34. The first-order chi connectivity index (χ1) is 26.4. The summed E-state index contributed by atoms with van der Waals surface area (Å²) in [5.41, 5.74) is -6.29. The van der Waals surface area contributed by atoms with Crippen molar-refractivity contribution in [3.05, 3.63) is 82.9 Å². The monoisotopic (exact) mass is 795 g/mol. The van der Waals surface area contributed by atoms with Gasteiger partial charge in [-0.05, 0) is 49.7 Å². The van der Waals surface area contributed by atoms with Gasteiger partial charge < -0.3 is 43.7 Å². The summed E-state index contributed by atoms with van der Waals surface area (Å²) in [5.74, 6) is -5.55. The van der Waals surface area contributed by atoms with Crippen LogP contribution in [0.15, 0.2) is 71.8 Å². The molecule has 4 aliphatic rings. The number of rotatable bonds is 10. The van der Waals surface area contributed by atoms with Crippen molar-refractivity contribution in [2.24, 2.45) is 16.7 Å². The van der Waals surface area contributed by atoms with Gasteiger partial charge in [-0.15, -0.1) is 0 Å². The van der Waals surface area contributed by atoms with Gasteiger partial charge in [-0.2, -0.15) is 0 Å². The minimum atomic E-state index is -2.27. The van der Waals surface area contributed by atoms with Gasteiger partial charge in [-0.1, -0.05) is 62.4 Å². The quantitative estimate of drug-likeness (QED) is 0.137. The van der Waals surface area contributed by atoms with E-state index in [1.54, 1.807) is 46.0 Å². The average molecular weight is 796 g/mol. The summed E-state index contributed by atoms with van der Waals surface area (Å²) in [6.45, 7) is 8.34. The second-order valence-electron chi connectivity index (χ2n) is 15.9. The van der Waals surface area contributed by atoms with Crippen LogP contribution < -0.4 is 5.32 Å². The summed E-state index contributed by atoms with van der Waals surface area (Å²) >= 11 is 0. The number of aliphatic hydroxyl groups is 2. The second kappa shape index (κ2) is 15.4. The number of fused-ring (bicyclic) bond motifs is 5. The molecule has 0 aromatic heterocycles. The maximum absolute atomic E-state index is 15.4. The van der Waals surface area contributed by atoms with E-state index in [0.717, 1.165) is 12.5 Å². The summed E-state index contributed by atoms with van der Waals surface area (Å²) in [6, 6.07) is 16.4. The molecule has 302 valence electrons. The molecule has 3 aliphatic carbocycles. The van der Waals surface area contributed by atoms with E-state index in [1.165, 1.54) is 26.0 Å². The molecule has 14 nitrogen and oxygen atoms in total. The molecule has 1 aliphatic heterocycles. The summed E-state index contributed by atoms with van der Waals surface area (Å²) < 4.78 is 36.0. The molecule has 6 rings (SSSR count). The number of hydrogen-bond acceptors (Lipinski definition) is 14. The topological polar surface area (TPSA) is 193 Å². The Kier molecular flexibility index (Phi) is 11.4. The van der Waals surface area contributed by atoms with Crippen molar-refractivity contribution in [3.8, 4) is 0 Å². The number of nitrogens with one attached hydrogen (secondary N) is 1. The van der Waals surface area contributed by atoms with E-state index < -0.39 is 107 Å². The second-order valence-corrected chi connectivity index (χ2v) is 16.2.